The number of carbonyl (C=O) groups is 2. The number of hydrogen-bond donors (Lipinski definition) is 2. The van der Waals surface area contributed by atoms with E-state index in [1.165, 1.54) is 25.7 Å². The molecule has 3 aromatic heterocycles. The highest BCUT2D eigenvalue weighted by molar-refractivity contribution is 5.93. The molecule has 0 aromatic carbocycles. The van der Waals surface area contributed by atoms with E-state index in [0.717, 1.165) is 36.4 Å². The van der Waals surface area contributed by atoms with Crippen LogP contribution in [0.5, 0.6) is 0 Å². The zero-order chi connectivity index (χ0) is 23.2. The Morgan fingerprint density at radius 1 is 1.21 bits per heavy atom. The summed E-state index contributed by atoms with van der Waals surface area (Å²) in [5.74, 6) is 1.34. The fourth-order valence-electron chi connectivity index (χ4n) is 5.39. The number of aryl methyl sites for hydroxylation is 1. The number of imidazole rings is 1. The Morgan fingerprint density at radius 3 is 2.68 bits per heavy atom. The van der Waals surface area contributed by atoms with Gasteiger partial charge in [0.2, 0.25) is 5.91 Å². The summed E-state index contributed by atoms with van der Waals surface area (Å²) >= 11 is 0. The van der Waals surface area contributed by atoms with Gasteiger partial charge in [0.1, 0.15) is 5.69 Å². The summed E-state index contributed by atoms with van der Waals surface area (Å²) < 4.78 is 6.53. The Labute approximate surface area is 196 Å². The number of nitrogens with one attached hydrogen (secondary N) is 2. The number of aromatic nitrogens is 5. The summed E-state index contributed by atoms with van der Waals surface area (Å²) in [4.78, 5) is 30.1. The predicted molar refractivity (Wildman–Crippen MR) is 121 cm³/mol. The summed E-state index contributed by atoms with van der Waals surface area (Å²) in [5.41, 5.74) is 3.09. The van der Waals surface area contributed by atoms with Crippen LogP contribution in [0.4, 0.5) is 0 Å². The van der Waals surface area contributed by atoms with Crippen LogP contribution in [0.2, 0.25) is 0 Å². The molecule has 2 N–H and O–H groups in total. The lowest BCUT2D eigenvalue weighted by Crippen LogP contribution is -2.37. The molecule has 2 atom stereocenters. The van der Waals surface area contributed by atoms with Crippen molar-refractivity contribution in [2.75, 3.05) is 6.54 Å². The van der Waals surface area contributed by atoms with Crippen LogP contribution in [0, 0.1) is 30.6 Å². The van der Waals surface area contributed by atoms with Crippen LogP contribution in [-0.2, 0) is 11.2 Å². The van der Waals surface area contributed by atoms with Crippen molar-refractivity contribution in [2.45, 2.75) is 57.9 Å². The highest BCUT2D eigenvalue weighted by Gasteiger charge is 2.47. The van der Waals surface area contributed by atoms with Gasteiger partial charge in [0.25, 0.3) is 5.91 Å². The number of rotatable bonds is 8. The summed E-state index contributed by atoms with van der Waals surface area (Å²) in [6, 6.07) is 3.67. The average Bonchev–Trinajstić information content (AvgIpc) is 3.76. The first kappa shape index (κ1) is 21.2. The summed E-state index contributed by atoms with van der Waals surface area (Å²) in [6.07, 6.45) is 9.19. The van der Waals surface area contributed by atoms with Gasteiger partial charge in [0.15, 0.2) is 11.3 Å². The largest absolute Gasteiger partial charge is 0.356 e. The SMILES string of the molecule is Cc1nonc1C(=O)N[C@H](c1cn2nc(C[C@H]3CCCNC3=O)ccc2n1)C(C1CC1)C1CC1. The van der Waals surface area contributed by atoms with Crippen LogP contribution in [-0.4, -0.2) is 43.3 Å². The number of fused-ring (bicyclic) bond motifs is 1. The molecule has 3 fully saturated rings. The second-order valence-corrected chi connectivity index (χ2v) is 10.0. The van der Waals surface area contributed by atoms with Crippen molar-refractivity contribution >= 4 is 17.5 Å². The Bertz CT molecular complexity index is 1210. The van der Waals surface area contributed by atoms with E-state index in [-0.39, 0.29) is 29.5 Å². The van der Waals surface area contributed by atoms with E-state index in [2.05, 4.69) is 20.9 Å². The Morgan fingerprint density at radius 2 is 2.00 bits per heavy atom. The zero-order valence-corrected chi connectivity index (χ0v) is 19.2. The topological polar surface area (TPSA) is 127 Å². The van der Waals surface area contributed by atoms with Crippen LogP contribution in [0.1, 0.15) is 72.1 Å². The average molecular weight is 464 g/mol. The van der Waals surface area contributed by atoms with Gasteiger partial charge in [-0.2, -0.15) is 5.10 Å². The molecule has 10 nitrogen and oxygen atoms in total. The highest BCUT2D eigenvalue weighted by atomic mass is 16.6. The molecule has 6 rings (SSSR count). The van der Waals surface area contributed by atoms with E-state index >= 15 is 0 Å². The molecular formula is C24H29N7O3. The maximum absolute atomic E-state index is 13.1. The minimum absolute atomic E-state index is 0.0397. The molecular weight excluding hydrogens is 434 g/mol. The van der Waals surface area contributed by atoms with Crippen molar-refractivity contribution in [2.24, 2.45) is 23.7 Å². The van der Waals surface area contributed by atoms with Gasteiger partial charge in [-0.15, -0.1) is 0 Å². The van der Waals surface area contributed by atoms with E-state index in [1.54, 1.807) is 11.4 Å². The number of carbonyl (C=O) groups excluding carboxylic acids is 2. The monoisotopic (exact) mass is 463 g/mol. The number of hydrogen-bond acceptors (Lipinski definition) is 7. The van der Waals surface area contributed by atoms with E-state index in [1.807, 2.05) is 18.3 Å². The lowest BCUT2D eigenvalue weighted by molar-refractivity contribution is -0.126. The van der Waals surface area contributed by atoms with Gasteiger partial charge in [-0.25, -0.2) is 14.1 Å². The standard InChI is InChI=1S/C24H29N7O3/c1-13-21(30-34-29-13)24(33)27-22(20(14-4-5-14)15-6-7-15)18-12-31-19(26-18)9-8-17(28-31)11-16-3-2-10-25-23(16)32/h8-9,12,14-16,20,22H,2-7,10-11H2,1H3,(H,25,32)(H,27,33)/t16-,22-/m1/s1. The minimum atomic E-state index is -0.288. The molecule has 0 bridgehead atoms. The van der Waals surface area contributed by atoms with Gasteiger partial charge in [0, 0.05) is 18.9 Å². The predicted octanol–water partition coefficient (Wildman–Crippen LogP) is 2.40. The highest BCUT2D eigenvalue weighted by Crippen LogP contribution is 2.54. The Kier molecular flexibility index (Phi) is 5.30. The molecule has 178 valence electrons. The van der Waals surface area contributed by atoms with Gasteiger partial charge in [-0.05, 0) is 80.5 Å². The summed E-state index contributed by atoms with van der Waals surface area (Å²) in [7, 11) is 0. The van der Waals surface area contributed by atoms with E-state index < -0.39 is 0 Å². The van der Waals surface area contributed by atoms with Crippen molar-refractivity contribution in [1.29, 1.82) is 0 Å². The summed E-state index contributed by atoms with van der Waals surface area (Å²) in [5, 5.41) is 18.4. The second-order valence-electron chi connectivity index (χ2n) is 10.0. The van der Waals surface area contributed by atoms with Crippen LogP contribution in [0.15, 0.2) is 23.0 Å². The number of piperidine rings is 1. The van der Waals surface area contributed by atoms with Crippen molar-refractivity contribution in [3.8, 4) is 0 Å². The van der Waals surface area contributed by atoms with Gasteiger partial charge < -0.3 is 10.6 Å². The molecule has 2 saturated carbocycles. The summed E-state index contributed by atoms with van der Waals surface area (Å²) in [6.45, 7) is 2.47. The normalized spacial score (nSPS) is 21.6. The molecule has 3 aromatic rings. The molecule has 1 aliphatic heterocycles. The van der Waals surface area contributed by atoms with Crippen LogP contribution >= 0.6 is 0 Å². The Hall–Kier alpha value is -3.30. The number of nitrogens with zero attached hydrogens (tertiary/aromatic N) is 5. The first-order chi connectivity index (χ1) is 16.6. The Balaban J connectivity index is 1.30. The third-order valence-corrected chi connectivity index (χ3v) is 7.44. The lowest BCUT2D eigenvalue weighted by atomic mass is 9.87. The minimum Gasteiger partial charge on any atom is -0.356 e. The van der Waals surface area contributed by atoms with Crippen molar-refractivity contribution in [3.05, 3.63) is 41.1 Å². The second kappa shape index (κ2) is 8.48. The third kappa shape index (κ3) is 4.17. The van der Waals surface area contributed by atoms with Crippen molar-refractivity contribution in [1.82, 2.24) is 35.5 Å². The van der Waals surface area contributed by atoms with Gasteiger partial charge >= 0.3 is 0 Å². The van der Waals surface area contributed by atoms with Crippen LogP contribution in [0.3, 0.4) is 0 Å². The first-order valence-electron chi connectivity index (χ1n) is 12.3. The quantitative estimate of drug-likeness (QED) is 0.525. The molecule has 0 radical (unpaired) electrons. The van der Waals surface area contributed by atoms with Gasteiger partial charge in [0.05, 0.1) is 23.6 Å². The molecule has 2 amide bonds. The molecule has 2 aliphatic carbocycles. The maximum atomic E-state index is 13.1. The van der Waals surface area contributed by atoms with Crippen molar-refractivity contribution < 1.29 is 14.2 Å². The molecule has 4 heterocycles. The van der Waals surface area contributed by atoms with E-state index in [4.69, 9.17) is 14.7 Å². The van der Waals surface area contributed by atoms with Gasteiger partial charge in [-0.1, -0.05) is 5.16 Å². The molecule has 34 heavy (non-hydrogen) atoms. The fraction of sp³-hybridized carbons (Fsp3) is 0.583. The molecule has 0 spiro atoms. The van der Waals surface area contributed by atoms with E-state index in [0.29, 0.717) is 29.9 Å². The van der Waals surface area contributed by atoms with Crippen molar-refractivity contribution in [3.63, 3.8) is 0 Å². The first-order valence-corrected chi connectivity index (χ1v) is 12.3. The smallest absolute Gasteiger partial charge is 0.276 e. The molecule has 1 saturated heterocycles. The molecule has 3 aliphatic rings. The third-order valence-electron chi connectivity index (χ3n) is 7.44. The van der Waals surface area contributed by atoms with Crippen LogP contribution < -0.4 is 10.6 Å². The fourth-order valence-corrected chi connectivity index (χ4v) is 5.39. The van der Waals surface area contributed by atoms with E-state index in [9.17, 15) is 9.59 Å². The van der Waals surface area contributed by atoms with Gasteiger partial charge in [-0.3, -0.25) is 9.59 Å². The molecule has 0 unspecified atom stereocenters. The zero-order valence-electron chi connectivity index (χ0n) is 19.2. The number of amides is 2. The molecule has 10 heteroatoms. The lowest BCUT2D eigenvalue weighted by Gasteiger charge is -2.26. The maximum Gasteiger partial charge on any atom is 0.276 e. The van der Waals surface area contributed by atoms with Crippen LogP contribution in [0.25, 0.3) is 5.65 Å².